The number of hydrogen-bond acceptors (Lipinski definition) is 5. The molecule has 144 valence electrons. The summed E-state index contributed by atoms with van der Waals surface area (Å²) in [6, 6.07) is -0.187. The maximum absolute atomic E-state index is 12.4. The number of aromatic nitrogens is 2. The highest BCUT2D eigenvalue weighted by Crippen LogP contribution is 2.27. The number of hydrogen-bond donors (Lipinski definition) is 4. The zero-order valence-corrected chi connectivity index (χ0v) is 16.3. The molecule has 0 saturated carbocycles. The number of thiocarbonyl (C=S) groups is 1. The molecule has 8 heteroatoms. The Balaban J connectivity index is 0.00000114. The fraction of sp³-hybridized carbons (Fsp3) is 0.263. The molecule has 1 unspecified atom stereocenters. The number of aromatic hydroxyl groups is 1. The van der Waals surface area contributed by atoms with Crippen LogP contribution < -0.4 is 16.2 Å². The van der Waals surface area contributed by atoms with Crippen molar-refractivity contribution in [3.8, 4) is 5.75 Å². The van der Waals surface area contributed by atoms with E-state index < -0.39 is 17.2 Å². The fourth-order valence-electron chi connectivity index (χ4n) is 2.50. The van der Waals surface area contributed by atoms with E-state index in [1.807, 2.05) is 13.8 Å². The van der Waals surface area contributed by atoms with Gasteiger partial charge in [-0.2, -0.15) is 0 Å². The molecule has 0 aliphatic heterocycles. The second kappa shape index (κ2) is 10.2. The number of nitrogens with zero attached hydrogens (tertiary/aromatic N) is 1. The molecule has 0 saturated heterocycles. The van der Waals surface area contributed by atoms with Crippen molar-refractivity contribution in [1.29, 1.82) is 0 Å². The first-order valence-electron chi connectivity index (χ1n) is 8.25. The topological polar surface area (TPSA) is 107 Å². The molecular weight excluding hydrogens is 364 g/mol. The standard InChI is InChI=1S/C16H18N4O3S.C3H6/c1-4-9-6-7-10(8(9)3)18-14(22)11-12(21)15(23)20-13(19-11)16(24)17-5-2;1-3-2/h4-5,10,21H,1-2,6-7H2,3H3,(H,17,24)(H,18,22)(H,19,20,23);3H,1H2,2H3. The molecule has 4 N–H and O–H groups in total. The molecule has 1 atom stereocenters. The zero-order valence-electron chi connectivity index (χ0n) is 15.5. The Morgan fingerprint density at radius 2 is 2.04 bits per heavy atom. The predicted octanol–water partition coefficient (Wildman–Crippen LogP) is 2.47. The van der Waals surface area contributed by atoms with Crippen molar-refractivity contribution in [2.45, 2.75) is 32.7 Å². The van der Waals surface area contributed by atoms with Crippen LogP contribution in [0.25, 0.3) is 0 Å². The van der Waals surface area contributed by atoms with Crippen molar-refractivity contribution in [3.63, 3.8) is 0 Å². The van der Waals surface area contributed by atoms with Crippen LogP contribution in [0.15, 0.2) is 54.0 Å². The molecule has 1 aromatic rings. The first-order chi connectivity index (χ1) is 12.8. The Bertz CT molecular complexity index is 855. The quantitative estimate of drug-likeness (QED) is 0.456. The van der Waals surface area contributed by atoms with Gasteiger partial charge in [0, 0.05) is 0 Å². The van der Waals surface area contributed by atoms with Crippen LogP contribution in [0, 0.1) is 0 Å². The minimum absolute atomic E-state index is 0.0247. The Morgan fingerprint density at radius 3 is 2.56 bits per heavy atom. The summed E-state index contributed by atoms with van der Waals surface area (Å²) in [5.74, 6) is -1.42. The normalized spacial score (nSPS) is 15.3. The molecule has 1 aliphatic carbocycles. The highest BCUT2D eigenvalue weighted by molar-refractivity contribution is 7.80. The van der Waals surface area contributed by atoms with E-state index in [9.17, 15) is 14.7 Å². The van der Waals surface area contributed by atoms with E-state index in [1.165, 1.54) is 6.20 Å². The summed E-state index contributed by atoms with van der Waals surface area (Å²) in [4.78, 5) is 30.6. The summed E-state index contributed by atoms with van der Waals surface area (Å²) in [7, 11) is 0. The number of carbonyl (C=O) groups is 1. The molecule has 0 fully saturated rings. The summed E-state index contributed by atoms with van der Waals surface area (Å²) in [6.45, 7) is 14.4. The smallest absolute Gasteiger partial charge is 0.294 e. The highest BCUT2D eigenvalue weighted by Gasteiger charge is 2.26. The third-order valence-corrected chi connectivity index (χ3v) is 4.15. The molecule has 7 nitrogen and oxygen atoms in total. The summed E-state index contributed by atoms with van der Waals surface area (Å²) in [6.07, 6.45) is 6.38. The van der Waals surface area contributed by atoms with E-state index in [0.717, 1.165) is 24.0 Å². The van der Waals surface area contributed by atoms with Gasteiger partial charge < -0.3 is 20.7 Å². The van der Waals surface area contributed by atoms with Gasteiger partial charge >= 0.3 is 0 Å². The minimum atomic E-state index is -0.844. The molecule has 1 heterocycles. The molecule has 1 amide bonds. The fourth-order valence-corrected chi connectivity index (χ4v) is 2.68. The number of amides is 1. The van der Waals surface area contributed by atoms with Crippen LogP contribution in [-0.4, -0.2) is 32.0 Å². The molecule has 0 aromatic carbocycles. The van der Waals surface area contributed by atoms with Gasteiger partial charge in [0.05, 0.1) is 6.04 Å². The first kappa shape index (κ1) is 22.0. The number of allylic oxidation sites excluding steroid dienone is 3. The van der Waals surface area contributed by atoms with Crippen molar-refractivity contribution < 1.29 is 9.90 Å². The highest BCUT2D eigenvalue weighted by atomic mass is 32.1. The van der Waals surface area contributed by atoms with Crippen molar-refractivity contribution in [2.75, 3.05) is 0 Å². The minimum Gasteiger partial charge on any atom is -0.501 e. The lowest BCUT2D eigenvalue weighted by Gasteiger charge is -2.15. The summed E-state index contributed by atoms with van der Waals surface area (Å²) in [5, 5.41) is 15.2. The average molecular weight is 388 g/mol. The Hall–Kier alpha value is -3.00. The van der Waals surface area contributed by atoms with Gasteiger partial charge in [0.15, 0.2) is 11.5 Å². The Labute approximate surface area is 163 Å². The van der Waals surface area contributed by atoms with E-state index in [0.29, 0.717) is 0 Å². The monoisotopic (exact) mass is 388 g/mol. The Kier molecular flexibility index (Phi) is 8.34. The van der Waals surface area contributed by atoms with Gasteiger partial charge in [-0.25, -0.2) is 4.98 Å². The lowest BCUT2D eigenvalue weighted by atomic mass is 10.1. The van der Waals surface area contributed by atoms with Gasteiger partial charge in [-0.15, -0.1) is 6.58 Å². The van der Waals surface area contributed by atoms with Crippen molar-refractivity contribution in [1.82, 2.24) is 20.6 Å². The van der Waals surface area contributed by atoms with Crippen LogP contribution in [0.4, 0.5) is 0 Å². The average Bonchev–Trinajstić information content (AvgIpc) is 2.97. The van der Waals surface area contributed by atoms with E-state index in [-0.39, 0.29) is 22.5 Å². The molecule has 27 heavy (non-hydrogen) atoms. The van der Waals surface area contributed by atoms with Crippen LogP contribution in [0.5, 0.6) is 5.75 Å². The molecule has 0 spiro atoms. The molecule has 2 rings (SSSR count). The Morgan fingerprint density at radius 1 is 1.41 bits per heavy atom. The van der Waals surface area contributed by atoms with E-state index in [1.54, 1.807) is 12.2 Å². The van der Waals surface area contributed by atoms with Gasteiger partial charge in [-0.3, -0.25) is 9.59 Å². The molecule has 0 radical (unpaired) electrons. The van der Waals surface area contributed by atoms with Gasteiger partial charge in [-0.1, -0.05) is 37.5 Å². The number of H-pyrrole nitrogens is 1. The number of nitrogens with one attached hydrogen (secondary N) is 3. The predicted molar refractivity (Wildman–Crippen MR) is 111 cm³/mol. The molecule has 0 bridgehead atoms. The van der Waals surface area contributed by atoms with Crippen LogP contribution in [-0.2, 0) is 0 Å². The maximum atomic E-state index is 12.4. The van der Waals surface area contributed by atoms with Crippen molar-refractivity contribution >= 4 is 23.1 Å². The van der Waals surface area contributed by atoms with Gasteiger partial charge in [-0.05, 0) is 44.0 Å². The van der Waals surface area contributed by atoms with Crippen molar-refractivity contribution in [3.05, 3.63) is 71.1 Å². The molecule has 1 aromatic heterocycles. The zero-order chi connectivity index (χ0) is 20.6. The lowest BCUT2D eigenvalue weighted by molar-refractivity contribution is 0.0934. The van der Waals surface area contributed by atoms with E-state index in [2.05, 4.69) is 40.3 Å². The number of carbonyl (C=O) groups excluding carboxylic acids is 1. The van der Waals surface area contributed by atoms with Crippen LogP contribution in [0.3, 0.4) is 0 Å². The van der Waals surface area contributed by atoms with E-state index >= 15 is 0 Å². The van der Waals surface area contributed by atoms with Gasteiger partial charge in [0.1, 0.15) is 4.99 Å². The largest absolute Gasteiger partial charge is 0.501 e. The van der Waals surface area contributed by atoms with Crippen LogP contribution >= 0.6 is 12.2 Å². The lowest BCUT2D eigenvalue weighted by Crippen LogP contribution is -2.36. The summed E-state index contributed by atoms with van der Waals surface area (Å²) < 4.78 is 0. The van der Waals surface area contributed by atoms with Gasteiger partial charge in [0.2, 0.25) is 5.75 Å². The third-order valence-electron chi connectivity index (χ3n) is 3.84. The summed E-state index contributed by atoms with van der Waals surface area (Å²) >= 11 is 5.02. The van der Waals surface area contributed by atoms with Crippen LogP contribution in [0.1, 0.15) is 43.0 Å². The second-order valence-corrected chi connectivity index (χ2v) is 6.08. The SMILES string of the molecule is C=CC.C=CNC(=S)c1nc(C(=O)NC2CCC(C=C)=C2C)c(O)c(=O)[nH]1. The maximum Gasteiger partial charge on any atom is 0.294 e. The summed E-state index contributed by atoms with van der Waals surface area (Å²) in [5.41, 5.74) is 0.873. The second-order valence-electron chi connectivity index (χ2n) is 5.67. The number of rotatable bonds is 5. The van der Waals surface area contributed by atoms with E-state index in [4.69, 9.17) is 12.2 Å². The van der Waals surface area contributed by atoms with Gasteiger partial charge in [0.25, 0.3) is 11.5 Å². The number of aromatic amines is 1. The van der Waals surface area contributed by atoms with Crippen molar-refractivity contribution in [2.24, 2.45) is 0 Å². The molecule has 1 aliphatic rings. The third kappa shape index (κ3) is 5.49. The van der Waals surface area contributed by atoms with Crippen LogP contribution in [0.2, 0.25) is 0 Å². The molecular formula is C19H24N4O3S. The first-order valence-corrected chi connectivity index (χ1v) is 8.66.